The molecule has 0 fully saturated rings. The highest BCUT2D eigenvalue weighted by molar-refractivity contribution is 5.27. The van der Waals surface area contributed by atoms with Gasteiger partial charge >= 0.3 is 0 Å². The Morgan fingerprint density at radius 3 is 2.58 bits per heavy atom. The van der Waals surface area contributed by atoms with Crippen molar-refractivity contribution in [1.82, 2.24) is 10.2 Å². The molecule has 0 aliphatic heterocycles. The van der Waals surface area contributed by atoms with Crippen molar-refractivity contribution in [3.05, 3.63) is 35.4 Å². The van der Waals surface area contributed by atoms with Crippen LogP contribution in [-0.4, -0.2) is 44.8 Å². The first kappa shape index (κ1) is 16.2. The van der Waals surface area contributed by atoms with Gasteiger partial charge in [-0.25, -0.2) is 0 Å². The summed E-state index contributed by atoms with van der Waals surface area (Å²) in [5.74, 6) is 0. The Morgan fingerprint density at radius 1 is 1.16 bits per heavy atom. The average molecular weight is 264 g/mol. The normalized spacial score (nSPS) is 11.2. The van der Waals surface area contributed by atoms with Crippen molar-refractivity contribution in [2.24, 2.45) is 0 Å². The molecule has 1 N–H and O–H groups in total. The van der Waals surface area contributed by atoms with Crippen molar-refractivity contribution in [3.63, 3.8) is 0 Å². The molecule has 19 heavy (non-hydrogen) atoms. The molecule has 0 saturated heterocycles. The van der Waals surface area contributed by atoms with Gasteiger partial charge in [0, 0.05) is 19.7 Å². The highest BCUT2D eigenvalue weighted by Crippen LogP contribution is 2.11. The van der Waals surface area contributed by atoms with E-state index in [-0.39, 0.29) is 0 Å². The maximum absolute atomic E-state index is 5.40. The van der Waals surface area contributed by atoms with Crippen LogP contribution in [0.5, 0.6) is 0 Å². The second-order valence-corrected chi connectivity index (χ2v) is 4.81. The maximum atomic E-state index is 5.40. The third-order valence-electron chi connectivity index (χ3n) is 3.20. The van der Waals surface area contributed by atoms with Crippen LogP contribution in [0.15, 0.2) is 24.3 Å². The Bertz CT molecular complexity index is 341. The highest BCUT2D eigenvalue weighted by atomic mass is 16.5. The minimum atomic E-state index is 0.799. The summed E-state index contributed by atoms with van der Waals surface area (Å²) in [5.41, 5.74) is 2.88. The molecule has 0 heterocycles. The molecule has 108 valence electrons. The van der Waals surface area contributed by atoms with Gasteiger partial charge in [-0.05, 0) is 44.6 Å². The SMILES string of the molecule is CCNCCc1ccccc1CN(C)CCOCC. The average Bonchev–Trinajstić information content (AvgIpc) is 2.41. The Balaban J connectivity index is 2.46. The zero-order valence-electron chi connectivity index (χ0n) is 12.6. The minimum absolute atomic E-state index is 0.799. The fourth-order valence-electron chi connectivity index (χ4n) is 2.09. The summed E-state index contributed by atoms with van der Waals surface area (Å²) in [6.07, 6.45) is 1.10. The summed E-state index contributed by atoms with van der Waals surface area (Å²) in [4.78, 5) is 2.32. The van der Waals surface area contributed by atoms with E-state index in [1.807, 2.05) is 6.92 Å². The van der Waals surface area contributed by atoms with Gasteiger partial charge in [0.2, 0.25) is 0 Å². The maximum Gasteiger partial charge on any atom is 0.0593 e. The van der Waals surface area contributed by atoms with Crippen LogP contribution >= 0.6 is 0 Å². The number of hydrogen-bond acceptors (Lipinski definition) is 3. The number of rotatable bonds is 10. The number of benzene rings is 1. The summed E-state index contributed by atoms with van der Waals surface area (Å²) in [7, 11) is 2.15. The third-order valence-corrected chi connectivity index (χ3v) is 3.20. The van der Waals surface area contributed by atoms with Gasteiger partial charge < -0.3 is 10.1 Å². The van der Waals surface area contributed by atoms with E-state index in [2.05, 4.69) is 48.5 Å². The first-order chi connectivity index (χ1) is 9.27. The van der Waals surface area contributed by atoms with E-state index in [9.17, 15) is 0 Å². The molecule has 0 unspecified atom stereocenters. The highest BCUT2D eigenvalue weighted by Gasteiger charge is 2.05. The van der Waals surface area contributed by atoms with Gasteiger partial charge in [-0.2, -0.15) is 0 Å². The Hall–Kier alpha value is -0.900. The van der Waals surface area contributed by atoms with Gasteiger partial charge in [0.05, 0.1) is 6.61 Å². The van der Waals surface area contributed by atoms with E-state index >= 15 is 0 Å². The topological polar surface area (TPSA) is 24.5 Å². The standard InChI is InChI=1S/C16H28N2O/c1-4-17-11-10-15-8-6-7-9-16(15)14-18(3)12-13-19-5-2/h6-9,17H,4-5,10-14H2,1-3H3. The van der Waals surface area contributed by atoms with Crippen LogP contribution in [0.1, 0.15) is 25.0 Å². The molecule has 0 amide bonds. The molecule has 3 heteroatoms. The number of hydrogen-bond donors (Lipinski definition) is 1. The third kappa shape index (κ3) is 6.71. The molecule has 0 aromatic heterocycles. The van der Waals surface area contributed by atoms with E-state index in [0.717, 1.165) is 45.8 Å². The van der Waals surface area contributed by atoms with E-state index in [1.54, 1.807) is 0 Å². The van der Waals surface area contributed by atoms with Gasteiger partial charge in [0.1, 0.15) is 0 Å². The van der Waals surface area contributed by atoms with E-state index in [0.29, 0.717) is 0 Å². The Morgan fingerprint density at radius 2 is 1.89 bits per heavy atom. The van der Waals surface area contributed by atoms with Gasteiger partial charge in [-0.3, -0.25) is 4.90 Å². The molecule has 0 atom stereocenters. The summed E-state index contributed by atoms with van der Waals surface area (Å²) < 4.78 is 5.40. The van der Waals surface area contributed by atoms with Crippen LogP contribution in [0.2, 0.25) is 0 Å². The van der Waals surface area contributed by atoms with Crippen LogP contribution in [0, 0.1) is 0 Å². The monoisotopic (exact) mass is 264 g/mol. The predicted molar refractivity (Wildman–Crippen MR) is 81.5 cm³/mol. The molecule has 0 spiro atoms. The molecule has 3 nitrogen and oxygen atoms in total. The largest absolute Gasteiger partial charge is 0.380 e. The van der Waals surface area contributed by atoms with E-state index in [4.69, 9.17) is 4.74 Å². The van der Waals surface area contributed by atoms with Gasteiger partial charge in [-0.1, -0.05) is 31.2 Å². The van der Waals surface area contributed by atoms with Crippen molar-refractivity contribution in [2.45, 2.75) is 26.8 Å². The second-order valence-electron chi connectivity index (χ2n) is 4.81. The zero-order chi connectivity index (χ0) is 13.9. The molecule has 0 saturated carbocycles. The predicted octanol–water partition coefficient (Wildman–Crippen LogP) is 2.31. The summed E-state index contributed by atoms with van der Waals surface area (Å²) in [6.45, 7) is 9.86. The lowest BCUT2D eigenvalue weighted by molar-refractivity contribution is 0.120. The van der Waals surface area contributed by atoms with Crippen molar-refractivity contribution in [1.29, 1.82) is 0 Å². The Kier molecular flexibility index (Phi) is 8.47. The quantitative estimate of drug-likeness (QED) is 0.656. The van der Waals surface area contributed by atoms with Crippen LogP contribution in [0.25, 0.3) is 0 Å². The van der Waals surface area contributed by atoms with Gasteiger partial charge in [0.15, 0.2) is 0 Å². The minimum Gasteiger partial charge on any atom is -0.380 e. The first-order valence-corrected chi connectivity index (χ1v) is 7.31. The van der Waals surface area contributed by atoms with Gasteiger partial charge in [-0.15, -0.1) is 0 Å². The number of ether oxygens (including phenoxy) is 1. The Labute approximate surface area is 118 Å². The van der Waals surface area contributed by atoms with Crippen LogP contribution in [0.4, 0.5) is 0 Å². The van der Waals surface area contributed by atoms with Crippen LogP contribution in [-0.2, 0) is 17.7 Å². The molecular weight excluding hydrogens is 236 g/mol. The summed E-state index contributed by atoms with van der Waals surface area (Å²) in [5, 5.41) is 3.39. The number of likely N-dealkylation sites (N-methyl/N-ethyl adjacent to an activating group) is 2. The van der Waals surface area contributed by atoms with Crippen molar-refractivity contribution < 1.29 is 4.74 Å². The molecule has 1 aromatic carbocycles. The van der Waals surface area contributed by atoms with Crippen LogP contribution < -0.4 is 5.32 Å². The summed E-state index contributed by atoms with van der Waals surface area (Å²) in [6, 6.07) is 8.73. The van der Waals surface area contributed by atoms with E-state index in [1.165, 1.54) is 11.1 Å². The smallest absolute Gasteiger partial charge is 0.0593 e. The fraction of sp³-hybridized carbons (Fsp3) is 0.625. The lowest BCUT2D eigenvalue weighted by atomic mass is 10.0. The van der Waals surface area contributed by atoms with Crippen molar-refractivity contribution in [2.75, 3.05) is 39.9 Å². The van der Waals surface area contributed by atoms with Crippen molar-refractivity contribution in [3.8, 4) is 0 Å². The lowest BCUT2D eigenvalue weighted by Gasteiger charge is -2.18. The number of nitrogens with one attached hydrogen (secondary N) is 1. The fourth-order valence-corrected chi connectivity index (χ4v) is 2.09. The molecule has 0 bridgehead atoms. The molecule has 0 aliphatic rings. The first-order valence-electron chi connectivity index (χ1n) is 7.31. The molecular formula is C16H28N2O. The lowest BCUT2D eigenvalue weighted by Crippen LogP contribution is -2.24. The van der Waals surface area contributed by atoms with E-state index < -0.39 is 0 Å². The van der Waals surface area contributed by atoms with Crippen LogP contribution in [0.3, 0.4) is 0 Å². The second kappa shape index (κ2) is 9.96. The van der Waals surface area contributed by atoms with Gasteiger partial charge in [0.25, 0.3) is 0 Å². The summed E-state index contributed by atoms with van der Waals surface area (Å²) >= 11 is 0. The van der Waals surface area contributed by atoms with Crippen molar-refractivity contribution >= 4 is 0 Å². The molecule has 1 aromatic rings. The molecule has 0 aliphatic carbocycles. The molecule has 1 rings (SSSR count). The number of nitrogens with zero attached hydrogens (tertiary/aromatic N) is 1. The zero-order valence-corrected chi connectivity index (χ0v) is 12.6. The molecule has 0 radical (unpaired) electrons.